The SMILES string of the molecule is CC(C)(C)OC(=O)N1CCC(C(CNC(=O)Nc2cc(Cl)cc(Cl)c2)c2ccc(-c3cccc(C#N)c3)cc2)CC1.CC(C)(C)OC(=O)N1CCC(C(CNC(=O)Nc2cc(Cl)cc(Cl)c2)c2ccc(-c3cccc(C#N)c3)cc2)CC1.CC(C)(C)OC(=O)N1CCC(C(CNC(=O)Nc2cc(Cl)cc(Cl)c2)c2ccc(-c3cccc(C#N)c3)cc2)CC1. The minimum Gasteiger partial charge on any atom is -0.444 e. The maximum Gasteiger partial charge on any atom is 0.410 e. The van der Waals surface area contributed by atoms with Gasteiger partial charge in [-0.3, -0.25) is 0 Å². The summed E-state index contributed by atoms with van der Waals surface area (Å²) in [4.78, 5) is 81.6. The molecule has 3 unspecified atom stereocenters. The van der Waals surface area contributed by atoms with Crippen LogP contribution in [0.25, 0.3) is 33.4 Å². The van der Waals surface area contributed by atoms with Crippen molar-refractivity contribution in [2.24, 2.45) is 17.8 Å². The lowest BCUT2D eigenvalue weighted by Crippen LogP contribution is -2.44. The van der Waals surface area contributed by atoms with Crippen LogP contribution in [0.1, 0.15) is 152 Å². The van der Waals surface area contributed by atoms with Crippen molar-refractivity contribution < 1.29 is 43.0 Å². The summed E-state index contributed by atoms with van der Waals surface area (Å²) in [6.45, 7) is 21.5. The molecule has 3 aliphatic heterocycles. The van der Waals surface area contributed by atoms with Gasteiger partial charge in [-0.2, -0.15) is 15.8 Å². The molecule has 3 fully saturated rings. The van der Waals surface area contributed by atoms with E-state index < -0.39 is 16.8 Å². The number of carbonyl (C=O) groups is 6. The van der Waals surface area contributed by atoms with Gasteiger partial charge >= 0.3 is 36.4 Å². The summed E-state index contributed by atoms with van der Waals surface area (Å²) < 4.78 is 16.7. The molecule has 3 atom stereocenters. The Kier molecular flexibility index (Phi) is 33.4. The lowest BCUT2D eigenvalue weighted by molar-refractivity contribution is 0.0164. The maximum absolute atomic E-state index is 12.8. The van der Waals surface area contributed by atoms with Gasteiger partial charge in [0.05, 0.1) is 34.9 Å². The van der Waals surface area contributed by atoms with Crippen LogP contribution >= 0.6 is 69.6 Å². The van der Waals surface area contributed by atoms with Crippen molar-refractivity contribution >= 4 is 123 Å². The topological polar surface area (TPSA) is 283 Å². The van der Waals surface area contributed by atoms with Crippen molar-refractivity contribution in [3.8, 4) is 51.6 Å². The molecule has 21 nitrogen and oxygen atoms in total. The standard InChI is InChI=1S/3C32H34Cl2N4O3/c3*1-32(2,3)41-31(40)38-13-11-24(12-14-38)29(20-36-30(39)37-28-17-26(33)16-27(34)18-28)23-9-7-22(8-10-23)25-6-4-5-21(15-25)19-35/h3*4-10,15-18,24,29H,11-14,20H2,1-3H3,(H2,36,37,39). The number of nitriles is 3. The molecule has 9 aromatic rings. The number of ether oxygens (including phenoxy) is 3. The number of hydrogen-bond donors (Lipinski definition) is 6. The second kappa shape index (κ2) is 43.7. The van der Waals surface area contributed by atoms with Gasteiger partial charge in [0.25, 0.3) is 0 Å². The van der Waals surface area contributed by atoms with Crippen LogP contribution in [0, 0.1) is 51.7 Å². The zero-order chi connectivity index (χ0) is 88.7. The Morgan fingerprint density at radius 3 is 0.756 bits per heavy atom. The highest BCUT2D eigenvalue weighted by Crippen LogP contribution is 2.39. The van der Waals surface area contributed by atoms with E-state index in [1.54, 1.807) is 87.5 Å². The summed E-state index contributed by atoms with van der Waals surface area (Å²) in [6, 6.07) is 67.4. The minimum absolute atomic E-state index is 0.0176. The second-order valence-corrected chi connectivity index (χ2v) is 36.3. The third-order valence-electron chi connectivity index (χ3n) is 21.1. The molecule has 0 saturated carbocycles. The van der Waals surface area contributed by atoms with Crippen molar-refractivity contribution in [1.29, 1.82) is 15.8 Å². The fourth-order valence-corrected chi connectivity index (χ4v) is 16.8. The van der Waals surface area contributed by atoms with Crippen molar-refractivity contribution in [2.45, 2.75) is 135 Å². The lowest BCUT2D eigenvalue weighted by Gasteiger charge is -2.37. The molecule has 123 heavy (non-hydrogen) atoms. The first kappa shape index (κ1) is 94.1. The second-order valence-electron chi connectivity index (χ2n) is 33.7. The van der Waals surface area contributed by atoms with E-state index in [0.717, 1.165) is 88.6 Å². The Morgan fingerprint density at radius 1 is 0.333 bits per heavy atom. The summed E-state index contributed by atoms with van der Waals surface area (Å²) in [7, 11) is 0. The van der Waals surface area contributed by atoms with Crippen LogP contribution in [0.5, 0.6) is 0 Å². The highest BCUT2D eigenvalue weighted by atomic mass is 35.5. The van der Waals surface area contributed by atoms with Crippen LogP contribution in [0.3, 0.4) is 0 Å². The van der Waals surface area contributed by atoms with E-state index in [1.807, 2.05) is 153 Å². The third kappa shape index (κ3) is 29.5. The number of benzene rings is 9. The average molecular weight is 1780 g/mol. The van der Waals surface area contributed by atoms with Crippen molar-refractivity contribution in [2.75, 3.05) is 74.9 Å². The molecule has 12 rings (SSSR count). The van der Waals surface area contributed by atoms with E-state index in [9.17, 15) is 44.6 Å². The summed E-state index contributed by atoms with van der Waals surface area (Å²) in [6.07, 6.45) is 3.79. The molecule has 0 aromatic heterocycles. The van der Waals surface area contributed by atoms with Gasteiger partial charge in [-0.25, -0.2) is 28.8 Å². The van der Waals surface area contributed by atoms with Crippen molar-refractivity contribution in [3.05, 3.63) is 264 Å². The molecule has 3 heterocycles. The molecule has 3 saturated heterocycles. The smallest absolute Gasteiger partial charge is 0.410 e. The number of amides is 9. The first-order valence-electron chi connectivity index (χ1n) is 40.8. The number of halogens is 6. The van der Waals surface area contributed by atoms with Crippen LogP contribution in [-0.4, -0.2) is 127 Å². The monoisotopic (exact) mass is 1780 g/mol. The summed E-state index contributed by atoms with van der Waals surface area (Å²) in [5.74, 6) is 0.768. The lowest BCUT2D eigenvalue weighted by atomic mass is 9.79. The quantitative estimate of drug-likeness (QED) is 0.0437. The first-order chi connectivity index (χ1) is 58.5. The fourth-order valence-electron chi connectivity index (χ4n) is 15.2. The number of hydrogen-bond acceptors (Lipinski definition) is 12. The molecule has 6 N–H and O–H groups in total. The van der Waals surface area contributed by atoms with Gasteiger partial charge in [-0.15, -0.1) is 0 Å². The fraction of sp³-hybridized carbons (Fsp3) is 0.344. The molecule has 3 aliphatic rings. The highest BCUT2D eigenvalue weighted by molar-refractivity contribution is 6.36. The molecule has 0 spiro atoms. The van der Waals surface area contributed by atoms with Crippen LogP contribution in [-0.2, 0) is 14.2 Å². The maximum atomic E-state index is 12.8. The Balaban J connectivity index is 0.000000193. The van der Waals surface area contributed by atoms with Crippen molar-refractivity contribution in [1.82, 2.24) is 30.7 Å². The number of likely N-dealkylation sites (tertiary alicyclic amines) is 3. The van der Waals surface area contributed by atoms with Gasteiger partial charge in [0.15, 0.2) is 0 Å². The summed E-state index contributed by atoms with van der Waals surface area (Å²) >= 11 is 36.5. The van der Waals surface area contributed by atoms with Gasteiger partial charge in [0.2, 0.25) is 0 Å². The number of nitrogens with zero attached hydrogens (tertiary/aromatic N) is 6. The zero-order valence-electron chi connectivity index (χ0n) is 70.2. The molecule has 0 radical (unpaired) electrons. The van der Waals surface area contributed by atoms with E-state index in [-0.39, 0.29) is 71.9 Å². The highest BCUT2D eigenvalue weighted by Gasteiger charge is 2.36. The van der Waals surface area contributed by atoms with Crippen LogP contribution in [0.2, 0.25) is 30.1 Å². The van der Waals surface area contributed by atoms with Gasteiger partial charge in [-0.1, -0.05) is 179 Å². The zero-order valence-corrected chi connectivity index (χ0v) is 74.8. The molecule has 9 aromatic carbocycles. The van der Waals surface area contributed by atoms with Crippen LogP contribution in [0.4, 0.5) is 45.8 Å². The Morgan fingerprint density at radius 2 is 0.553 bits per heavy atom. The number of urea groups is 3. The Hall–Kier alpha value is -11.2. The summed E-state index contributed by atoms with van der Waals surface area (Å²) in [5, 5.41) is 47.9. The molecule has 9 amide bonds. The first-order valence-corrected chi connectivity index (χ1v) is 43.1. The van der Waals surface area contributed by atoms with E-state index >= 15 is 0 Å². The molecule has 0 bridgehead atoms. The molecule has 0 aliphatic carbocycles. The van der Waals surface area contributed by atoms with E-state index in [4.69, 9.17) is 83.8 Å². The molecular formula is C96H102Cl6N12O9. The van der Waals surface area contributed by atoms with Gasteiger partial charge < -0.3 is 60.8 Å². The molecule has 642 valence electrons. The van der Waals surface area contributed by atoms with Crippen molar-refractivity contribution in [3.63, 3.8) is 0 Å². The van der Waals surface area contributed by atoms with Crippen LogP contribution < -0.4 is 31.9 Å². The third-order valence-corrected chi connectivity index (χ3v) is 22.4. The van der Waals surface area contributed by atoms with E-state index in [0.29, 0.717) is 123 Å². The van der Waals surface area contributed by atoms with E-state index in [2.05, 4.69) is 86.5 Å². The number of piperidine rings is 3. The summed E-state index contributed by atoms with van der Waals surface area (Å²) in [5.41, 5.74) is 10.9. The molecule has 27 heteroatoms. The van der Waals surface area contributed by atoms with Gasteiger partial charge in [-0.05, 0) is 260 Å². The number of rotatable bonds is 18. The largest absolute Gasteiger partial charge is 0.444 e. The number of anilines is 3. The van der Waals surface area contributed by atoms with Gasteiger partial charge in [0, 0.05) is 124 Å². The Bertz CT molecular complexity index is 4720. The number of nitrogens with one attached hydrogen (secondary N) is 6. The predicted octanol–water partition coefficient (Wildman–Crippen LogP) is 24.3. The Labute approximate surface area is 750 Å². The van der Waals surface area contributed by atoms with E-state index in [1.165, 1.54) is 0 Å². The predicted molar refractivity (Wildman–Crippen MR) is 490 cm³/mol. The number of carbonyl (C=O) groups excluding carboxylic acids is 6. The molecular weight excluding hydrogens is 1680 g/mol. The van der Waals surface area contributed by atoms with Gasteiger partial charge in [0.1, 0.15) is 16.8 Å². The average Bonchev–Trinajstić information content (AvgIpc) is 0.820. The normalized spacial score (nSPS) is 14.6. The van der Waals surface area contributed by atoms with Crippen LogP contribution in [0.15, 0.2) is 200 Å². The minimum atomic E-state index is -0.546.